The van der Waals surface area contributed by atoms with E-state index in [2.05, 4.69) is 64.2 Å². The van der Waals surface area contributed by atoms with E-state index < -0.39 is 0 Å². The lowest BCUT2D eigenvalue weighted by Crippen LogP contribution is -2.31. The van der Waals surface area contributed by atoms with Crippen LogP contribution in [0.15, 0.2) is 17.2 Å². The van der Waals surface area contributed by atoms with Crippen LogP contribution < -0.4 is 5.43 Å². The molecule has 0 unspecified atom stereocenters. The lowest BCUT2D eigenvalue weighted by Gasteiger charge is -2.17. The fourth-order valence-corrected chi connectivity index (χ4v) is 1.91. The van der Waals surface area contributed by atoms with E-state index >= 15 is 0 Å². The third-order valence-corrected chi connectivity index (χ3v) is 2.63. The second kappa shape index (κ2) is 5.35. The van der Waals surface area contributed by atoms with E-state index in [1.807, 2.05) is 6.21 Å². The summed E-state index contributed by atoms with van der Waals surface area (Å²) in [6, 6.07) is 4.46. The van der Waals surface area contributed by atoms with Crippen LogP contribution in [0.4, 0.5) is 0 Å². The van der Waals surface area contributed by atoms with Crippen molar-refractivity contribution >= 4 is 6.21 Å². The molecule has 0 aromatic heterocycles. The minimum Gasteiger partial charge on any atom is -0.305 e. The number of aryl methyl sites for hydroxylation is 3. The molecule has 2 heteroatoms. The zero-order chi connectivity index (χ0) is 13.1. The standard InChI is InChI=1S/C15H24N2/c1-11-9-12(2)14(13(3)10-11)7-8-16-17-15(4,5)6/h8-10,17H,7H2,1-6H3. The lowest BCUT2D eigenvalue weighted by atomic mass is 9.98. The van der Waals surface area contributed by atoms with Crippen molar-refractivity contribution in [1.82, 2.24) is 5.43 Å². The molecule has 0 saturated heterocycles. The molecule has 0 spiro atoms. The van der Waals surface area contributed by atoms with Crippen LogP contribution >= 0.6 is 0 Å². The van der Waals surface area contributed by atoms with Gasteiger partial charge in [-0.15, -0.1) is 0 Å². The number of nitrogens with one attached hydrogen (secondary N) is 1. The van der Waals surface area contributed by atoms with Crippen molar-refractivity contribution in [3.8, 4) is 0 Å². The maximum absolute atomic E-state index is 4.27. The van der Waals surface area contributed by atoms with Gasteiger partial charge < -0.3 is 5.43 Å². The van der Waals surface area contributed by atoms with Crippen molar-refractivity contribution in [3.63, 3.8) is 0 Å². The van der Waals surface area contributed by atoms with E-state index in [0.717, 1.165) is 6.42 Å². The topological polar surface area (TPSA) is 24.4 Å². The fraction of sp³-hybridized carbons (Fsp3) is 0.533. The van der Waals surface area contributed by atoms with Gasteiger partial charge in [-0.05, 0) is 58.2 Å². The van der Waals surface area contributed by atoms with Crippen molar-refractivity contribution in [3.05, 3.63) is 34.4 Å². The van der Waals surface area contributed by atoms with E-state index in [1.165, 1.54) is 22.3 Å². The Balaban J connectivity index is 2.70. The molecular formula is C15H24N2. The van der Waals surface area contributed by atoms with Crippen LogP contribution in [-0.2, 0) is 6.42 Å². The Labute approximate surface area is 105 Å². The maximum Gasteiger partial charge on any atom is 0.0464 e. The molecule has 0 fully saturated rings. The lowest BCUT2D eigenvalue weighted by molar-refractivity contribution is 0.442. The maximum atomic E-state index is 4.27. The van der Waals surface area contributed by atoms with E-state index in [4.69, 9.17) is 0 Å². The molecule has 0 saturated carbocycles. The van der Waals surface area contributed by atoms with Crippen LogP contribution in [0.1, 0.15) is 43.0 Å². The minimum absolute atomic E-state index is 0.0356. The van der Waals surface area contributed by atoms with Gasteiger partial charge >= 0.3 is 0 Å². The summed E-state index contributed by atoms with van der Waals surface area (Å²) in [4.78, 5) is 0. The normalized spacial score (nSPS) is 12.1. The molecule has 0 atom stereocenters. The van der Waals surface area contributed by atoms with E-state index in [-0.39, 0.29) is 5.54 Å². The Hall–Kier alpha value is -1.31. The zero-order valence-corrected chi connectivity index (χ0v) is 11.9. The molecule has 0 aliphatic carbocycles. The molecule has 0 bridgehead atoms. The Morgan fingerprint density at radius 1 is 1.12 bits per heavy atom. The molecule has 17 heavy (non-hydrogen) atoms. The first kappa shape index (κ1) is 13.8. The molecule has 0 aliphatic rings. The van der Waals surface area contributed by atoms with Crippen LogP contribution in [0.3, 0.4) is 0 Å². The van der Waals surface area contributed by atoms with Gasteiger partial charge in [0.25, 0.3) is 0 Å². The third-order valence-electron chi connectivity index (χ3n) is 2.63. The van der Waals surface area contributed by atoms with Crippen LogP contribution in [0.2, 0.25) is 0 Å². The molecular weight excluding hydrogens is 208 g/mol. The summed E-state index contributed by atoms with van der Waals surface area (Å²) >= 11 is 0. The molecule has 0 radical (unpaired) electrons. The largest absolute Gasteiger partial charge is 0.305 e. The number of hydrogen-bond donors (Lipinski definition) is 1. The molecule has 1 aromatic rings. The first-order valence-electron chi connectivity index (χ1n) is 6.15. The second-order valence-corrected chi connectivity index (χ2v) is 5.75. The van der Waals surface area contributed by atoms with Gasteiger partial charge in [-0.25, -0.2) is 0 Å². The molecule has 94 valence electrons. The Bertz CT molecular complexity index is 388. The highest BCUT2D eigenvalue weighted by molar-refractivity contribution is 5.63. The zero-order valence-electron chi connectivity index (χ0n) is 11.9. The summed E-state index contributed by atoms with van der Waals surface area (Å²) in [7, 11) is 0. The predicted octanol–water partition coefficient (Wildman–Crippen LogP) is 3.53. The van der Waals surface area contributed by atoms with Gasteiger partial charge in [0.15, 0.2) is 0 Å². The smallest absolute Gasteiger partial charge is 0.0464 e. The number of benzene rings is 1. The number of nitrogens with zero attached hydrogens (tertiary/aromatic N) is 1. The van der Waals surface area contributed by atoms with Crippen molar-refractivity contribution < 1.29 is 0 Å². The van der Waals surface area contributed by atoms with Gasteiger partial charge in [0, 0.05) is 18.2 Å². The van der Waals surface area contributed by atoms with Gasteiger partial charge in [-0.3, -0.25) is 0 Å². The van der Waals surface area contributed by atoms with Crippen molar-refractivity contribution in [2.75, 3.05) is 0 Å². The molecule has 0 amide bonds. The Morgan fingerprint density at radius 2 is 1.65 bits per heavy atom. The highest BCUT2D eigenvalue weighted by Gasteiger charge is 2.06. The number of hydrazone groups is 1. The molecule has 0 heterocycles. The van der Waals surface area contributed by atoms with Crippen LogP contribution in [0.5, 0.6) is 0 Å². The highest BCUT2D eigenvalue weighted by Crippen LogP contribution is 2.16. The first-order valence-corrected chi connectivity index (χ1v) is 6.15. The predicted molar refractivity (Wildman–Crippen MR) is 75.7 cm³/mol. The quantitative estimate of drug-likeness (QED) is 0.625. The Morgan fingerprint density at radius 3 is 2.12 bits per heavy atom. The summed E-state index contributed by atoms with van der Waals surface area (Å²) in [6.45, 7) is 12.8. The average molecular weight is 232 g/mol. The van der Waals surface area contributed by atoms with Crippen molar-refractivity contribution in [2.45, 2.75) is 53.5 Å². The second-order valence-electron chi connectivity index (χ2n) is 5.75. The van der Waals surface area contributed by atoms with E-state index in [9.17, 15) is 0 Å². The van der Waals surface area contributed by atoms with Gasteiger partial charge in [-0.2, -0.15) is 5.10 Å². The summed E-state index contributed by atoms with van der Waals surface area (Å²) < 4.78 is 0. The summed E-state index contributed by atoms with van der Waals surface area (Å²) in [6.07, 6.45) is 2.84. The third kappa shape index (κ3) is 4.59. The van der Waals surface area contributed by atoms with Crippen LogP contribution in [-0.4, -0.2) is 11.8 Å². The van der Waals surface area contributed by atoms with Crippen LogP contribution in [0, 0.1) is 20.8 Å². The first-order chi connectivity index (χ1) is 7.79. The average Bonchev–Trinajstić information content (AvgIpc) is 2.13. The summed E-state index contributed by atoms with van der Waals surface area (Å²) in [5.74, 6) is 0. The number of hydrogen-bond acceptors (Lipinski definition) is 2. The molecule has 1 aromatic carbocycles. The molecule has 1 N–H and O–H groups in total. The highest BCUT2D eigenvalue weighted by atomic mass is 15.3. The van der Waals surface area contributed by atoms with Gasteiger partial charge in [0.1, 0.15) is 0 Å². The molecule has 2 nitrogen and oxygen atoms in total. The fourth-order valence-electron chi connectivity index (χ4n) is 1.91. The number of rotatable bonds is 3. The van der Waals surface area contributed by atoms with Crippen molar-refractivity contribution in [1.29, 1.82) is 0 Å². The molecule has 1 rings (SSSR count). The Kier molecular flexibility index (Phi) is 4.33. The van der Waals surface area contributed by atoms with E-state index in [1.54, 1.807) is 0 Å². The van der Waals surface area contributed by atoms with E-state index in [0.29, 0.717) is 0 Å². The summed E-state index contributed by atoms with van der Waals surface area (Å²) in [5, 5.41) is 4.27. The van der Waals surface area contributed by atoms with Gasteiger partial charge in [0.05, 0.1) is 0 Å². The SMILES string of the molecule is Cc1cc(C)c(CC=NNC(C)(C)C)c(C)c1. The van der Waals surface area contributed by atoms with Crippen molar-refractivity contribution in [2.24, 2.45) is 5.10 Å². The molecule has 0 aliphatic heterocycles. The minimum atomic E-state index is 0.0356. The monoisotopic (exact) mass is 232 g/mol. The van der Waals surface area contributed by atoms with Crippen LogP contribution in [0.25, 0.3) is 0 Å². The summed E-state index contributed by atoms with van der Waals surface area (Å²) in [5.41, 5.74) is 8.56. The van der Waals surface area contributed by atoms with Gasteiger partial charge in [0.2, 0.25) is 0 Å². The van der Waals surface area contributed by atoms with Gasteiger partial charge in [-0.1, -0.05) is 17.7 Å².